The van der Waals surface area contributed by atoms with Crippen LogP contribution in [0, 0.1) is 0 Å². The Bertz CT molecular complexity index is 640. The van der Waals surface area contributed by atoms with Crippen LogP contribution >= 0.6 is 0 Å². The monoisotopic (exact) mass is 270 g/mol. The van der Waals surface area contributed by atoms with Crippen LogP contribution in [0.25, 0.3) is 0 Å². The molecule has 1 aromatic heterocycles. The van der Waals surface area contributed by atoms with Crippen molar-refractivity contribution < 1.29 is 4.74 Å². The highest BCUT2D eigenvalue weighted by atomic mass is 16.5. The van der Waals surface area contributed by atoms with E-state index in [1.807, 2.05) is 37.2 Å². The first-order valence-corrected chi connectivity index (χ1v) is 6.72. The highest BCUT2D eigenvalue weighted by Crippen LogP contribution is 2.34. The van der Waals surface area contributed by atoms with Gasteiger partial charge in [0.05, 0.1) is 11.4 Å². The number of anilines is 2. The zero-order valence-corrected chi connectivity index (χ0v) is 11.8. The molecular formula is C15H18N4O. The van der Waals surface area contributed by atoms with E-state index in [2.05, 4.69) is 9.97 Å². The largest absolute Gasteiger partial charge is 0.436 e. The molecule has 0 fully saturated rings. The summed E-state index contributed by atoms with van der Waals surface area (Å²) >= 11 is 0. The lowest BCUT2D eigenvalue weighted by Gasteiger charge is -2.16. The Morgan fingerprint density at radius 1 is 1.20 bits per heavy atom. The number of nitrogens with zero attached hydrogens (tertiary/aromatic N) is 3. The van der Waals surface area contributed by atoms with Crippen molar-refractivity contribution in [3.05, 3.63) is 35.8 Å². The van der Waals surface area contributed by atoms with E-state index >= 15 is 0 Å². The second-order valence-corrected chi connectivity index (χ2v) is 5.18. The van der Waals surface area contributed by atoms with Gasteiger partial charge in [0.25, 0.3) is 0 Å². The molecule has 0 saturated heterocycles. The van der Waals surface area contributed by atoms with Crippen LogP contribution in [-0.2, 0) is 12.8 Å². The summed E-state index contributed by atoms with van der Waals surface area (Å²) in [5, 5.41) is 0. The number of hydrogen-bond acceptors (Lipinski definition) is 5. The normalized spacial score (nSPS) is 13.1. The van der Waals surface area contributed by atoms with Crippen molar-refractivity contribution in [2.45, 2.75) is 19.3 Å². The van der Waals surface area contributed by atoms with Crippen molar-refractivity contribution in [1.29, 1.82) is 0 Å². The van der Waals surface area contributed by atoms with Crippen molar-refractivity contribution >= 4 is 11.4 Å². The summed E-state index contributed by atoms with van der Waals surface area (Å²) in [6.07, 6.45) is 4.64. The Morgan fingerprint density at radius 2 is 2.05 bits per heavy atom. The first-order chi connectivity index (χ1) is 9.65. The molecule has 2 N–H and O–H groups in total. The van der Waals surface area contributed by atoms with Gasteiger partial charge in [-0.3, -0.25) is 0 Å². The van der Waals surface area contributed by atoms with E-state index in [4.69, 9.17) is 10.5 Å². The molecule has 0 spiro atoms. The molecule has 2 aromatic rings. The second kappa shape index (κ2) is 5.00. The van der Waals surface area contributed by atoms with Crippen molar-refractivity contribution in [3.8, 4) is 11.6 Å². The summed E-state index contributed by atoms with van der Waals surface area (Å²) in [7, 11) is 3.97. The number of aryl methyl sites for hydroxylation is 1. The molecule has 0 bridgehead atoms. The Morgan fingerprint density at radius 3 is 2.85 bits per heavy atom. The van der Waals surface area contributed by atoms with Crippen LogP contribution < -0.4 is 15.4 Å². The third-order valence-electron chi connectivity index (χ3n) is 3.56. The van der Waals surface area contributed by atoms with E-state index in [1.54, 1.807) is 6.33 Å². The second-order valence-electron chi connectivity index (χ2n) is 5.18. The van der Waals surface area contributed by atoms with Gasteiger partial charge in [-0.1, -0.05) is 0 Å². The van der Waals surface area contributed by atoms with Crippen molar-refractivity contribution in [1.82, 2.24) is 9.97 Å². The Kier molecular flexibility index (Phi) is 3.18. The standard InChI is InChI=1S/C15H18N4O/c1-19(2)10-6-7-12(16)14(8-10)20-15-11-4-3-5-13(11)17-9-18-15/h6-9H,3-5,16H2,1-2H3. The van der Waals surface area contributed by atoms with Gasteiger partial charge in [0, 0.05) is 31.4 Å². The van der Waals surface area contributed by atoms with Crippen LogP contribution in [0.5, 0.6) is 11.6 Å². The van der Waals surface area contributed by atoms with Gasteiger partial charge in [-0.05, 0) is 31.4 Å². The lowest BCUT2D eigenvalue weighted by atomic mass is 10.2. The first kappa shape index (κ1) is 12.7. The number of hydrogen-bond donors (Lipinski definition) is 1. The van der Waals surface area contributed by atoms with Crippen molar-refractivity contribution in [3.63, 3.8) is 0 Å². The zero-order chi connectivity index (χ0) is 14.1. The highest BCUT2D eigenvalue weighted by molar-refractivity contribution is 5.62. The number of rotatable bonds is 3. The van der Waals surface area contributed by atoms with E-state index < -0.39 is 0 Å². The minimum atomic E-state index is 0.612. The lowest BCUT2D eigenvalue weighted by molar-refractivity contribution is 0.457. The van der Waals surface area contributed by atoms with E-state index in [0.29, 0.717) is 17.3 Å². The van der Waals surface area contributed by atoms with Gasteiger partial charge >= 0.3 is 0 Å². The fourth-order valence-corrected chi connectivity index (χ4v) is 2.41. The molecule has 0 saturated carbocycles. The van der Waals surface area contributed by atoms with E-state index in [-0.39, 0.29) is 0 Å². The van der Waals surface area contributed by atoms with Gasteiger partial charge in [0.2, 0.25) is 5.88 Å². The molecule has 104 valence electrons. The fourth-order valence-electron chi connectivity index (χ4n) is 2.41. The van der Waals surface area contributed by atoms with Gasteiger partial charge in [0.15, 0.2) is 5.75 Å². The molecule has 0 atom stereocenters. The molecule has 0 aliphatic heterocycles. The Hall–Kier alpha value is -2.30. The maximum atomic E-state index is 6.00. The fraction of sp³-hybridized carbons (Fsp3) is 0.333. The molecular weight excluding hydrogens is 252 g/mol. The van der Waals surface area contributed by atoms with Crippen LogP contribution in [-0.4, -0.2) is 24.1 Å². The molecule has 0 unspecified atom stereocenters. The lowest BCUT2D eigenvalue weighted by Crippen LogP contribution is -2.09. The summed E-state index contributed by atoms with van der Waals surface area (Å²) in [5.74, 6) is 1.28. The van der Waals surface area contributed by atoms with E-state index in [9.17, 15) is 0 Å². The quantitative estimate of drug-likeness (QED) is 0.868. The minimum Gasteiger partial charge on any atom is -0.436 e. The molecule has 3 rings (SSSR count). The summed E-state index contributed by atoms with van der Waals surface area (Å²) in [5.41, 5.74) is 9.86. The number of nitrogens with two attached hydrogens (primary N) is 1. The van der Waals surface area contributed by atoms with Crippen LogP contribution in [0.3, 0.4) is 0 Å². The van der Waals surface area contributed by atoms with Gasteiger partial charge in [0.1, 0.15) is 6.33 Å². The van der Waals surface area contributed by atoms with Gasteiger partial charge < -0.3 is 15.4 Å². The van der Waals surface area contributed by atoms with Crippen molar-refractivity contribution in [2.75, 3.05) is 24.7 Å². The number of benzene rings is 1. The van der Waals surface area contributed by atoms with Gasteiger partial charge in [-0.25, -0.2) is 9.97 Å². The maximum absolute atomic E-state index is 6.00. The SMILES string of the molecule is CN(C)c1ccc(N)c(Oc2ncnc3c2CCC3)c1. The molecule has 1 aliphatic carbocycles. The maximum Gasteiger partial charge on any atom is 0.225 e. The molecule has 0 amide bonds. The smallest absolute Gasteiger partial charge is 0.225 e. The van der Waals surface area contributed by atoms with Crippen LogP contribution in [0.4, 0.5) is 11.4 Å². The van der Waals surface area contributed by atoms with Crippen molar-refractivity contribution in [2.24, 2.45) is 0 Å². The average molecular weight is 270 g/mol. The topological polar surface area (TPSA) is 64.3 Å². The number of aromatic nitrogens is 2. The highest BCUT2D eigenvalue weighted by Gasteiger charge is 2.19. The van der Waals surface area contributed by atoms with Crippen LogP contribution in [0.1, 0.15) is 17.7 Å². The number of ether oxygens (including phenoxy) is 1. The molecule has 1 aromatic carbocycles. The van der Waals surface area contributed by atoms with Gasteiger partial charge in [-0.15, -0.1) is 0 Å². The van der Waals surface area contributed by atoms with E-state index in [0.717, 1.165) is 36.2 Å². The minimum absolute atomic E-state index is 0.612. The molecule has 0 radical (unpaired) electrons. The Balaban J connectivity index is 1.96. The van der Waals surface area contributed by atoms with E-state index in [1.165, 1.54) is 0 Å². The third-order valence-corrected chi connectivity index (χ3v) is 3.56. The summed E-state index contributed by atoms with van der Waals surface area (Å²) in [4.78, 5) is 10.6. The molecule has 20 heavy (non-hydrogen) atoms. The third kappa shape index (κ3) is 2.27. The molecule has 1 heterocycles. The van der Waals surface area contributed by atoms with Gasteiger partial charge in [-0.2, -0.15) is 0 Å². The van der Waals surface area contributed by atoms with Crippen LogP contribution in [0.15, 0.2) is 24.5 Å². The number of fused-ring (bicyclic) bond motifs is 1. The molecule has 5 heteroatoms. The predicted molar refractivity (Wildman–Crippen MR) is 79.3 cm³/mol. The first-order valence-electron chi connectivity index (χ1n) is 6.72. The molecule has 1 aliphatic rings. The predicted octanol–water partition coefficient (Wildman–Crippen LogP) is 2.41. The summed E-state index contributed by atoms with van der Waals surface area (Å²) in [6.45, 7) is 0. The average Bonchev–Trinajstić information content (AvgIpc) is 2.90. The summed E-state index contributed by atoms with van der Waals surface area (Å²) in [6, 6.07) is 5.75. The number of nitrogen functional groups attached to an aromatic ring is 1. The zero-order valence-electron chi connectivity index (χ0n) is 11.8. The Labute approximate surface area is 118 Å². The molecule has 5 nitrogen and oxygen atoms in total. The summed E-state index contributed by atoms with van der Waals surface area (Å²) < 4.78 is 5.94. The van der Waals surface area contributed by atoms with Crippen LogP contribution in [0.2, 0.25) is 0 Å².